The Bertz CT molecular complexity index is 482. The molecular formula is C13H18ClN3O. The van der Waals surface area contributed by atoms with E-state index in [-0.39, 0.29) is 17.6 Å². The van der Waals surface area contributed by atoms with Gasteiger partial charge in [0.25, 0.3) is 0 Å². The maximum atomic E-state index is 11.9. The molecule has 1 heterocycles. The smallest absolute Gasteiger partial charge is 0.318 e. The Morgan fingerprint density at radius 1 is 1.44 bits per heavy atom. The van der Waals surface area contributed by atoms with Gasteiger partial charge in [-0.2, -0.15) is 0 Å². The van der Waals surface area contributed by atoms with Crippen molar-refractivity contribution in [3.8, 4) is 0 Å². The topological polar surface area (TPSA) is 58.4 Å². The Balaban J connectivity index is 2.41. The van der Waals surface area contributed by atoms with E-state index >= 15 is 0 Å². The number of anilines is 1. The molecule has 0 bridgehead atoms. The number of urea groups is 1. The highest BCUT2D eigenvalue weighted by atomic mass is 35.5. The van der Waals surface area contributed by atoms with E-state index in [9.17, 15) is 4.79 Å². The molecular weight excluding hydrogens is 250 g/mol. The van der Waals surface area contributed by atoms with Crippen molar-refractivity contribution in [1.29, 1.82) is 0 Å². The number of hydrogen-bond acceptors (Lipinski definition) is 2. The summed E-state index contributed by atoms with van der Waals surface area (Å²) in [6.07, 6.45) is 0. The van der Waals surface area contributed by atoms with Crippen molar-refractivity contribution in [2.24, 2.45) is 0 Å². The van der Waals surface area contributed by atoms with Crippen LogP contribution in [0.15, 0.2) is 18.2 Å². The number of amides is 2. The fraction of sp³-hybridized carbons (Fsp3) is 0.462. The fourth-order valence-electron chi connectivity index (χ4n) is 2.34. The van der Waals surface area contributed by atoms with Gasteiger partial charge in [-0.15, -0.1) is 0 Å². The van der Waals surface area contributed by atoms with E-state index < -0.39 is 0 Å². The van der Waals surface area contributed by atoms with Crippen LogP contribution < -0.4 is 11.1 Å². The first-order chi connectivity index (χ1) is 8.30. The zero-order valence-corrected chi connectivity index (χ0v) is 11.6. The number of halogens is 1. The summed E-state index contributed by atoms with van der Waals surface area (Å²) in [4.78, 5) is 13.8. The molecule has 0 saturated carbocycles. The number of nitrogens with one attached hydrogen (secondary N) is 1. The normalized spacial score (nSPS) is 20.1. The molecule has 0 spiro atoms. The van der Waals surface area contributed by atoms with Crippen LogP contribution in [0.2, 0.25) is 5.02 Å². The standard InChI is InChI=1S/C13H18ClN3O/c1-13(2,3)17-11(7-16-12(17)18)9-5-4-8(15)6-10(9)14/h4-6,11H,7,15H2,1-3H3,(H,16,18). The van der Waals surface area contributed by atoms with Gasteiger partial charge >= 0.3 is 6.03 Å². The number of carbonyl (C=O) groups is 1. The van der Waals surface area contributed by atoms with Crippen molar-refractivity contribution in [3.63, 3.8) is 0 Å². The number of benzene rings is 1. The number of carbonyl (C=O) groups excluding carboxylic acids is 1. The molecule has 18 heavy (non-hydrogen) atoms. The summed E-state index contributed by atoms with van der Waals surface area (Å²) < 4.78 is 0. The largest absolute Gasteiger partial charge is 0.399 e. The average molecular weight is 268 g/mol. The third kappa shape index (κ3) is 2.25. The molecule has 1 aliphatic heterocycles. The summed E-state index contributed by atoms with van der Waals surface area (Å²) in [5.74, 6) is 0. The molecule has 0 aliphatic carbocycles. The highest BCUT2D eigenvalue weighted by Crippen LogP contribution is 2.35. The van der Waals surface area contributed by atoms with Crippen LogP contribution in [0.25, 0.3) is 0 Å². The molecule has 0 aromatic heterocycles. The molecule has 1 aliphatic rings. The SMILES string of the molecule is CC(C)(C)N1C(=O)NCC1c1ccc(N)cc1Cl. The summed E-state index contributed by atoms with van der Waals surface area (Å²) in [6, 6.07) is 5.32. The van der Waals surface area contributed by atoms with Crippen LogP contribution in [0.1, 0.15) is 32.4 Å². The Hall–Kier alpha value is -1.42. The van der Waals surface area contributed by atoms with E-state index in [1.54, 1.807) is 6.07 Å². The molecule has 1 aromatic rings. The summed E-state index contributed by atoms with van der Waals surface area (Å²) in [7, 11) is 0. The van der Waals surface area contributed by atoms with Crippen molar-refractivity contribution >= 4 is 23.3 Å². The van der Waals surface area contributed by atoms with Gasteiger partial charge in [-0.05, 0) is 38.5 Å². The molecule has 1 aromatic carbocycles. The van der Waals surface area contributed by atoms with Crippen LogP contribution in [0.4, 0.5) is 10.5 Å². The number of nitrogens with two attached hydrogens (primary N) is 1. The zero-order valence-electron chi connectivity index (χ0n) is 10.8. The monoisotopic (exact) mass is 267 g/mol. The lowest BCUT2D eigenvalue weighted by molar-refractivity contribution is 0.141. The van der Waals surface area contributed by atoms with Crippen molar-refractivity contribution in [2.45, 2.75) is 32.4 Å². The van der Waals surface area contributed by atoms with Gasteiger partial charge in [0.2, 0.25) is 0 Å². The first-order valence-corrected chi connectivity index (χ1v) is 6.30. The maximum Gasteiger partial charge on any atom is 0.318 e. The molecule has 98 valence electrons. The second kappa shape index (κ2) is 4.35. The Morgan fingerprint density at radius 3 is 2.67 bits per heavy atom. The average Bonchev–Trinajstić information content (AvgIpc) is 2.59. The number of nitrogens with zero attached hydrogens (tertiary/aromatic N) is 1. The van der Waals surface area contributed by atoms with Gasteiger partial charge in [-0.3, -0.25) is 0 Å². The predicted molar refractivity (Wildman–Crippen MR) is 73.6 cm³/mol. The van der Waals surface area contributed by atoms with Gasteiger partial charge in [0, 0.05) is 22.8 Å². The Morgan fingerprint density at radius 2 is 2.11 bits per heavy atom. The molecule has 2 amide bonds. The highest BCUT2D eigenvalue weighted by Gasteiger charge is 2.39. The van der Waals surface area contributed by atoms with Crippen LogP contribution in [0, 0.1) is 0 Å². The van der Waals surface area contributed by atoms with Crippen LogP contribution in [0.3, 0.4) is 0 Å². The van der Waals surface area contributed by atoms with Crippen LogP contribution >= 0.6 is 11.6 Å². The molecule has 5 heteroatoms. The van der Waals surface area contributed by atoms with E-state index in [1.807, 2.05) is 37.8 Å². The van der Waals surface area contributed by atoms with E-state index in [0.717, 1.165) is 5.56 Å². The van der Waals surface area contributed by atoms with Gasteiger partial charge in [0.1, 0.15) is 0 Å². The molecule has 1 saturated heterocycles. The first-order valence-electron chi connectivity index (χ1n) is 5.93. The third-order valence-electron chi connectivity index (χ3n) is 3.08. The Kier molecular flexibility index (Phi) is 3.15. The molecule has 4 nitrogen and oxygen atoms in total. The van der Waals surface area contributed by atoms with E-state index in [4.69, 9.17) is 17.3 Å². The predicted octanol–water partition coefficient (Wildman–Crippen LogP) is 2.79. The van der Waals surface area contributed by atoms with E-state index in [1.165, 1.54) is 0 Å². The molecule has 0 radical (unpaired) electrons. The quantitative estimate of drug-likeness (QED) is 0.769. The van der Waals surface area contributed by atoms with Crippen LogP contribution in [-0.4, -0.2) is 23.0 Å². The summed E-state index contributed by atoms with van der Waals surface area (Å²) in [6.45, 7) is 6.60. The molecule has 1 fully saturated rings. The lowest BCUT2D eigenvalue weighted by Gasteiger charge is -2.36. The molecule has 3 N–H and O–H groups in total. The second-order valence-corrected chi connectivity index (χ2v) is 5.93. The lowest BCUT2D eigenvalue weighted by atomic mass is 9.99. The van der Waals surface area contributed by atoms with Gasteiger partial charge in [0.15, 0.2) is 0 Å². The van der Waals surface area contributed by atoms with Crippen molar-refractivity contribution < 1.29 is 4.79 Å². The van der Waals surface area contributed by atoms with Gasteiger partial charge in [-0.1, -0.05) is 17.7 Å². The Labute approximate surface area is 112 Å². The van der Waals surface area contributed by atoms with Gasteiger partial charge in [0.05, 0.1) is 6.04 Å². The lowest BCUT2D eigenvalue weighted by Crippen LogP contribution is -2.44. The van der Waals surface area contributed by atoms with Crippen molar-refractivity contribution in [2.75, 3.05) is 12.3 Å². The summed E-state index contributed by atoms with van der Waals surface area (Å²) in [5, 5.41) is 3.47. The van der Waals surface area contributed by atoms with Crippen molar-refractivity contribution in [3.05, 3.63) is 28.8 Å². The maximum absolute atomic E-state index is 11.9. The van der Waals surface area contributed by atoms with Gasteiger partial charge in [-0.25, -0.2) is 4.79 Å². The second-order valence-electron chi connectivity index (χ2n) is 5.52. The summed E-state index contributed by atoms with van der Waals surface area (Å²) >= 11 is 6.23. The highest BCUT2D eigenvalue weighted by molar-refractivity contribution is 6.31. The minimum absolute atomic E-state index is 0.0504. The molecule has 1 atom stereocenters. The third-order valence-corrected chi connectivity index (χ3v) is 3.41. The van der Waals surface area contributed by atoms with E-state index in [0.29, 0.717) is 17.3 Å². The molecule has 2 rings (SSSR count). The van der Waals surface area contributed by atoms with Crippen molar-refractivity contribution in [1.82, 2.24) is 10.2 Å². The van der Waals surface area contributed by atoms with Crippen LogP contribution in [-0.2, 0) is 0 Å². The molecule has 1 unspecified atom stereocenters. The van der Waals surface area contributed by atoms with E-state index in [2.05, 4.69) is 5.32 Å². The minimum Gasteiger partial charge on any atom is -0.399 e. The number of rotatable bonds is 1. The number of nitrogen functional groups attached to an aromatic ring is 1. The minimum atomic E-state index is -0.254. The zero-order chi connectivity index (χ0) is 13.5. The van der Waals surface area contributed by atoms with Crippen LogP contribution in [0.5, 0.6) is 0 Å². The number of hydrogen-bond donors (Lipinski definition) is 2. The first kappa shape index (κ1) is 13.0. The fourth-order valence-corrected chi connectivity index (χ4v) is 2.65. The van der Waals surface area contributed by atoms with Gasteiger partial charge < -0.3 is 16.0 Å². The summed E-state index contributed by atoms with van der Waals surface area (Å²) in [5.41, 5.74) is 7.00.